The summed E-state index contributed by atoms with van der Waals surface area (Å²) in [5, 5.41) is 3.65. The fraction of sp³-hybridized carbons (Fsp3) is 0.250. The molecule has 0 unspecified atom stereocenters. The molecule has 0 amide bonds. The maximum atomic E-state index is 5.46. The summed E-state index contributed by atoms with van der Waals surface area (Å²) >= 11 is 0. The van der Waals surface area contributed by atoms with Crippen LogP contribution in [0.3, 0.4) is 0 Å². The maximum absolute atomic E-state index is 5.46. The lowest BCUT2D eigenvalue weighted by atomic mass is 10.1. The first-order valence-corrected chi connectivity index (χ1v) is 5.00. The predicted molar refractivity (Wildman–Crippen MR) is 59.5 cm³/mol. The van der Waals surface area contributed by atoms with E-state index in [1.807, 2.05) is 0 Å². The second-order valence-electron chi connectivity index (χ2n) is 3.70. The van der Waals surface area contributed by atoms with Gasteiger partial charge in [-0.2, -0.15) is 0 Å². The number of nitrogen functional groups attached to an aromatic ring is 1. The number of hydrogen-bond donors (Lipinski definition) is 1. The quantitative estimate of drug-likeness (QED) is 0.831. The van der Waals surface area contributed by atoms with E-state index in [1.54, 1.807) is 6.07 Å². The second-order valence-corrected chi connectivity index (χ2v) is 3.70. The van der Waals surface area contributed by atoms with Crippen molar-refractivity contribution in [2.75, 3.05) is 5.73 Å². The highest BCUT2D eigenvalue weighted by atomic mass is 16.5. The third-order valence-electron chi connectivity index (χ3n) is 2.36. The number of rotatable bonds is 3. The van der Waals surface area contributed by atoms with Crippen molar-refractivity contribution in [3.63, 3.8) is 0 Å². The van der Waals surface area contributed by atoms with Crippen molar-refractivity contribution in [1.82, 2.24) is 5.16 Å². The molecule has 0 saturated carbocycles. The molecule has 0 aliphatic rings. The average Bonchev–Trinajstić information content (AvgIpc) is 2.64. The van der Waals surface area contributed by atoms with Crippen LogP contribution in [0.4, 0.5) is 5.82 Å². The third kappa shape index (κ3) is 2.59. The van der Waals surface area contributed by atoms with E-state index >= 15 is 0 Å². The van der Waals surface area contributed by atoms with Gasteiger partial charge in [0.15, 0.2) is 5.82 Å². The van der Waals surface area contributed by atoms with Gasteiger partial charge in [-0.25, -0.2) is 0 Å². The molecule has 0 spiro atoms. The Morgan fingerprint density at radius 3 is 2.53 bits per heavy atom. The van der Waals surface area contributed by atoms with Gasteiger partial charge in [0.25, 0.3) is 0 Å². The minimum atomic E-state index is 0.453. The van der Waals surface area contributed by atoms with Crippen molar-refractivity contribution in [1.29, 1.82) is 0 Å². The van der Waals surface area contributed by atoms with Gasteiger partial charge in [0.2, 0.25) is 0 Å². The lowest BCUT2D eigenvalue weighted by Gasteiger charge is -1.99. The zero-order chi connectivity index (χ0) is 10.7. The van der Waals surface area contributed by atoms with Crippen LogP contribution in [0, 0.1) is 6.92 Å². The zero-order valence-corrected chi connectivity index (χ0v) is 8.73. The standard InChI is InChI=1S/C12H14N2O/c1-9-2-4-10(5-3-9)6-7-11-8-12(13)14-15-11/h2-5,8H,6-7H2,1H3,(H2,13,14). The summed E-state index contributed by atoms with van der Waals surface area (Å²) < 4.78 is 5.03. The molecular weight excluding hydrogens is 188 g/mol. The molecule has 0 fully saturated rings. The Morgan fingerprint density at radius 2 is 1.93 bits per heavy atom. The molecule has 15 heavy (non-hydrogen) atoms. The van der Waals surface area contributed by atoms with E-state index in [2.05, 4.69) is 36.3 Å². The molecule has 2 rings (SSSR count). The van der Waals surface area contributed by atoms with Gasteiger partial charge < -0.3 is 10.3 Å². The summed E-state index contributed by atoms with van der Waals surface area (Å²) in [4.78, 5) is 0. The molecule has 0 radical (unpaired) electrons. The van der Waals surface area contributed by atoms with Crippen molar-refractivity contribution in [2.45, 2.75) is 19.8 Å². The Bertz CT molecular complexity index is 431. The zero-order valence-electron chi connectivity index (χ0n) is 8.73. The number of anilines is 1. The molecule has 2 aromatic rings. The smallest absolute Gasteiger partial charge is 0.167 e. The van der Waals surface area contributed by atoms with Crippen molar-refractivity contribution in [3.8, 4) is 0 Å². The topological polar surface area (TPSA) is 52.0 Å². The SMILES string of the molecule is Cc1ccc(CCc2cc(N)no2)cc1. The number of aryl methyl sites for hydroxylation is 3. The van der Waals surface area contributed by atoms with Gasteiger partial charge in [-0.1, -0.05) is 35.0 Å². The van der Waals surface area contributed by atoms with Crippen molar-refractivity contribution in [3.05, 3.63) is 47.2 Å². The van der Waals surface area contributed by atoms with E-state index in [4.69, 9.17) is 10.3 Å². The number of hydrogen-bond acceptors (Lipinski definition) is 3. The molecule has 0 aliphatic heterocycles. The number of aromatic nitrogens is 1. The van der Waals surface area contributed by atoms with Crippen LogP contribution in [0.5, 0.6) is 0 Å². The molecule has 0 saturated heterocycles. The predicted octanol–water partition coefficient (Wildman–Crippen LogP) is 2.35. The van der Waals surface area contributed by atoms with Crippen LogP contribution in [0.15, 0.2) is 34.9 Å². The fourth-order valence-electron chi connectivity index (χ4n) is 1.47. The first kappa shape index (κ1) is 9.77. The van der Waals surface area contributed by atoms with E-state index in [-0.39, 0.29) is 0 Å². The summed E-state index contributed by atoms with van der Waals surface area (Å²) in [5.41, 5.74) is 8.04. The molecule has 0 bridgehead atoms. The molecule has 0 atom stereocenters. The van der Waals surface area contributed by atoms with Gasteiger partial charge >= 0.3 is 0 Å². The summed E-state index contributed by atoms with van der Waals surface area (Å²) in [6.45, 7) is 2.08. The van der Waals surface area contributed by atoms with Crippen molar-refractivity contribution in [2.24, 2.45) is 0 Å². The van der Waals surface area contributed by atoms with Gasteiger partial charge in [0.1, 0.15) is 5.76 Å². The molecule has 0 aliphatic carbocycles. The van der Waals surface area contributed by atoms with Crippen molar-refractivity contribution < 1.29 is 4.52 Å². The molecular formula is C12H14N2O. The van der Waals surface area contributed by atoms with Crippen LogP contribution in [0.2, 0.25) is 0 Å². The third-order valence-corrected chi connectivity index (χ3v) is 2.36. The molecule has 2 N–H and O–H groups in total. The van der Waals surface area contributed by atoms with Gasteiger partial charge in [-0.3, -0.25) is 0 Å². The van der Waals surface area contributed by atoms with E-state index in [1.165, 1.54) is 11.1 Å². The lowest BCUT2D eigenvalue weighted by Crippen LogP contribution is -1.89. The minimum Gasteiger partial charge on any atom is -0.381 e. The second kappa shape index (κ2) is 4.17. The molecule has 1 heterocycles. The highest BCUT2D eigenvalue weighted by Crippen LogP contribution is 2.10. The Hall–Kier alpha value is -1.77. The first-order chi connectivity index (χ1) is 7.24. The van der Waals surface area contributed by atoms with Crippen LogP contribution < -0.4 is 5.73 Å². The summed E-state index contributed by atoms with van der Waals surface area (Å²) in [5.74, 6) is 1.29. The maximum Gasteiger partial charge on any atom is 0.167 e. The fourth-order valence-corrected chi connectivity index (χ4v) is 1.47. The lowest BCUT2D eigenvalue weighted by molar-refractivity contribution is 0.386. The van der Waals surface area contributed by atoms with Gasteiger partial charge in [0, 0.05) is 12.5 Å². The Morgan fingerprint density at radius 1 is 1.20 bits per heavy atom. The Balaban J connectivity index is 1.96. The van der Waals surface area contributed by atoms with Crippen LogP contribution in [0.1, 0.15) is 16.9 Å². The van der Waals surface area contributed by atoms with Crippen molar-refractivity contribution >= 4 is 5.82 Å². The van der Waals surface area contributed by atoms with Crippen LogP contribution in [-0.4, -0.2) is 5.16 Å². The van der Waals surface area contributed by atoms with E-state index in [0.717, 1.165) is 18.6 Å². The summed E-state index contributed by atoms with van der Waals surface area (Å²) in [6.07, 6.45) is 1.79. The highest BCUT2D eigenvalue weighted by Gasteiger charge is 2.01. The number of nitrogens with zero attached hydrogens (tertiary/aromatic N) is 1. The first-order valence-electron chi connectivity index (χ1n) is 5.00. The van der Waals surface area contributed by atoms with Gasteiger partial charge in [-0.15, -0.1) is 0 Å². The van der Waals surface area contributed by atoms with Gasteiger partial charge in [-0.05, 0) is 18.9 Å². The van der Waals surface area contributed by atoms with Gasteiger partial charge in [0.05, 0.1) is 0 Å². The van der Waals surface area contributed by atoms with Crippen LogP contribution in [0.25, 0.3) is 0 Å². The van der Waals surface area contributed by atoms with Crippen LogP contribution in [-0.2, 0) is 12.8 Å². The number of benzene rings is 1. The molecule has 3 nitrogen and oxygen atoms in total. The minimum absolute atomic E-state index is 0.453. The monoisotopic (exact) mass is 202 g/mol. The highest BCUT2D eigenvalue weighted by molar-refractivity contribution is 5.27. The van der Waals surface area contributed by atoms with E-state index in [9.17, 15) is 0 Å². The largest absolute Gasteiger partial charge is 0.381 e. The molecule has 1 aromatic heterocycles. The summed E-state index contributed by atoms with van der Waals surface area (Å²) in [7, 11) is 0. The normalized spacial score (nSPS) is 10.5. The van der Waals surface area contributed by atoms with E-state index < -0.39 is 0 Å². The molecule has 1 aromatic carbocycles. The molecule has 78 valence electrons. The summed E-state index contributed by atoms with van der Waals surface area (Å²) in [6, 6.07) is 10.3. The van der Waals surface area contributed by atoms with E-state index in [0.29, 0.717) is 5.82 Å². The molecule has 3 heteroatoms. The Labute approximate surface area is 88.9 Å². The average molecular weight is 202 g/mol. The van der Waals surface area contributed by atoms with Crippen LogP contribution >= 0.6 is 0 Å². The number of nitrogens with two attached hydrogens (primary N) is 1. The Kier molecular flexibility index (Phi) is 2.72.